The van der Waals surface area contributed by atoms with Gasteiger partial charge in [0.05, 0.1) is 12.7 Å². The van der Waals surface area contributed by atoms with E-state index in [1.54, 1.807) is 7.11 Å². The minimum Gasteiger partial charge on any atom is -0.497 e. The third-order valence-corrected chi connectivity index (χ3v) is 5.01. The lowest BCUT2D eigenvalue weighted by Crippen LogP contribution is -2.13. The Bertz CT molecular complexity index is 1160. The van der Waals surface area contributed by atoms with Crippen molar-refractivity contribution in [2.24, 2.45) is 0 Å². The van der Waals surface area contributed by atoms with E-state index in [1.807, 2.05) is 80.6 Å². The van der Waals surface area contributed by atoms with Crippen LogP contribution in [0.1, 0.15) is 21.5 Å². The molecule has 3 aromatic carbocycles. The third kappa shape index (κ3) is 3.14. The van der Waals surface area contributed by atoms with E-state index in [4.69, 9.17) is 9.15 Å². The second-order valence-corrected chi connectivity index (χ2v) is 6.74. The highest BCUT2D eigenvalue weighted by Crippen LogP contribution is 2.36. The summed E-state index contributed by atoms with van der Waals surface area (Å²) >= 11 is 0. The van der Waals surface area contributed by atoms with Crippen molar-refractivity contribution >= 4 is 22.6 Å². The van der Waals surface area contributed by atoms with Crippen molar-refractivity contribution in [2.75, 3.05) is 12.4 Å². The van der Waals surface area contributed by atoms with Gasteiger partial charge in [0.1, 0.15) is 17.1 Å². The van der Waals surface area contributed by atoms with Crippen molar-refractivity contribution in [3.63, 3.8) is 0 Å². The van der Waals surface area contributed by atoms with Crippen LogP contribution < -0.4 is 10.1 Å². The van der Waals surface area contributed by atoms with Crippen LogP contribution >= 0.6 is 0 Å². The maximum atomic E-state index is 13.3. The number of hydrogen-bond acceptors (Lipinski definition) is 3. The molecule has 0 radical (unpaired) electrons. The van der Waals surface area contributed by atoms with Crippen LogP contribution in [0.5, 0.6) is 5.75 Å². The van der Waals surface area contributed by atoms with Crippen LogP contribution in [-0.2, 0) is 0 Å². The Kier molecular flexibility index (Phi) is 4.62. The average Bonchev–Trinajstić information content (AvgIpc) is 3.10. The Morgan fingerprint density at radius 1 is 0.964 bits per heavy atom. The molecule has 1 aromatic heterocycles. The maximum absolute atomic E-state index is 13.3. The Morgan fingerprint density at radius 3 is 2.50 bits per heavy atom. The lowest BCUT2D eigenvalue weighted by atomic mass is 10.0. The summed E-state index contributed by atoms with van der Waals surface area (Å²) in [5, 5.41) is 3.78. The zero-order chi connectivity index (χ0) is 19.7. The van der Waals surface area contributed by atoms with Crippen molar-refractivity contribution in [1.29, 1.82) is 0 Å². The fourth-order valence-corrected chi connectivity index (χ4v) is 3.29. The minimum atomic E-state index is -0.209. The first kappa shape index (κ1) is 17.9. The summed E-state index contributed by atoms with van der Waals surface area (Å²) in [6.45, 7) is 4.03. The van der Waals surface area contributed by atoms with E-state index in [9.17, 15) is 4.79 Å². The van der Waals surface area contributed by atoms with Crippen LogP contribution in [0.15, 0.2) is 71.1 Å². The fraction of sp³-hybridized carbons (Fsp3) is 0.125. The number of hydrogen-bond donors (Lipinski definition) is 1. The number of carbonyl (C=O) groups is 1. The van der Waals surface area contributed by atoms with E-state index in [0.29, 0.717) is 22.7 Å². The van der Waals surface area contributed by atoms with Gasteiger partial charge >= 0.3 is 0 Å². The number of anilines is 1. The van der Waals surface area contributed by atoms with Gasteiger partial charge in [-0.05, 0) is 49.2 Å². The SMILES string of the molecule is COc1ccc2oc(-c3ccccc3)c(C(=O)Nc3cccc(C)c3C)c2c1. The maximum Gasteiger partial charge on any atom is 0.260 e. The third-order valence-electron chi connectivity index (χ3n) is 5.01. The van der Waals surface area contributed by atoms with Gasteiger partial charge in [0.15, 0.2) is 0 Å². The quantitative estimate of drug-likeness (QED) is 0.480. The van der Waals surface area contributed by atoms with Crippen LogP contribution in [0.3, 0.4) is 0 Å². The monoisotopic (exact) mass is 371 g/mol. The molecule has 0 bridgehead atoms. The van der Waals surface area contributed by atoms with E-state index < -0.39 is 0 Å². The molecule has 4 aromatic rings. The Labute approximate surface area is 163 Å². The minimum absolute atomic E-state index is 0.209. The highest BCUT2D eigenvalue weighted by Gasteiger charge is 2.23. The number of methoxy groups -OCH3 is 1. The molecule has 1 amide bonds. The van der Waals surface area contributed by atoms with E-state index in [2.05, 4.69) is 5.32 Å². The number of carbonyl (C=O) groups excluding carboxylic acids is 1. The first-order valence-corrected chi connectivity index (χ1v) is 9.12. The molecule has 0 saturated heterocycles. The number of furan rings is 1. The number of aryl methyl sites for hydroxylation is 1. The molecule has 0 saturated carbocycles. The van der Waals surface area contributed by atoms with Crippen molar-refractivity contribution in [1.82, 2.24) is 0 Å². The van der Waals surface area contributed by atoms with Crippen LogP contribution in [-0.4, -0.2) is 13.0 Å². The van der Waals surface area contributed by atoms with Crippen molar-refractivity contribution in [3.05, 3.63) is 83.4 Å². The van der Waals surface area contributed by atoms with Gasteiger partial charge in [-0.25, -0.2) is 0 Å². The molecule has 0 unspecified atom stereocenters. The van der Waals surface area contributed by atoms with Crippen molar-refractivity contribution in [3.8, 4) is 17.1 Å². The molecule has 0 spiro atoms. The number of fused-ring (bicyclic) bond motifs is 1. The molecule has 1 heterocycles. The molecular formula is C24H21NO3. The van der Waals surface area contributed by atoms with Gasteiger partial charge in [-0.1, -0.05) is 42.5 Å². The molecule has 4 rings (SSSR count). The predicted molar refractivity (Wildman–Crippen MR) is 112 cm³/mol. The number of ether oxygens (including phenoxy) is 1. The molecule has 140 valence electrons. The van der Waals surface area contributed by atoms with Gasteiger partial charge in [0.2, 0.25) is 0 Å². The Hall–Kier alpha value is -3.53. The average molecular weight is 371 g/mol. The molecule has 0 atom stereocenters. The normalized spacial score (nSPS) is 10.8. The van der Waals surface area contributed by atoms with Gasteiger partial charge in [0.25, 0.3) is 5.91 Å². The van der Waals surface area contributed by atoms with Crippen LogP contribution in [0.4, 0.5) is 5.69 Å². The highest BCUT2D eigenvalue weighted by atomic mass is 16.5. The lowest BCUT2D eigenvalue weighted by molar-refractivity contribution is 0.102. The fourth-order valence-electron chi connectivity index (χ4n) is 3.29. The van der Waals surface area contributed by atoms with Gasteiger partial charge in [-0.3, -0.25) is 4.79 Å². The van der Waals surface area contributed by atoms with E-state index in [0.717, 1.165) is 27.8 Å². The second-order valence-electron chi connectivity index (χ2n) is 6.74. The van der Waals surface area contributed by atoms with Gasteiger partial charge in [-0.2, -0.15) is 0 Å². The first-order chi connectivity index (χ1) is 13.6. The molecule has 0 aliphatic rings. The molecule has 4 nitrogen and oxygen atoms in total. The van der Waals surface area contributed by atoms with Gasteiger partial charge in [-0.15, -0.1) is 0 Å². The van der Waals surface area contributed by atoms with Gasteiger partial charge < -0.3 is 14.5 Å². The van der Waals surface area contributed by atoms with E-state index in [-0.39, 0.29) is 5.91 Å². The molecule has 28 heavy (non-hydrogen) atoms. The number of benzene rings is 3. The largest absolute Gasteiger partial charge is 0.497 e. The second kappa shape index (κ2) is 7.24. The number of amides is 1. The standard InChI is InChI=1S/C24H21NO3/c1-15-8-7-11-20(16(15)2)25-24(26)22-19-14-18(27-3)12-13-21(19)28-23(22)17-9-5-4-6-10-17/h4-14H,1-3H3,(H,25,26). The molecule has 1 N–H and O–H groups in total. The first-order valence-electron chi connectivity index (χ1n) is 9.12. The summed E-state index contributed by atoms with van der Waals surface area (Å²) in [6, 6.07) is 21.0. The summed E-state index contributed by atoms with van der Waals surface area (Å²) in [4.78, 5) is 13.3. The summed E-state index contributed by atoms with van der Waals surface area (Å²) < 4.78 is 11.4. The summed E-state index contributed by atoms with van der Waals surface area (Å²) in [6.07, 6.45) is 0. The summed E-state index contributed by atoms with van der Waals surface area (Å²) in [5.74, 6) is 1.01. The highest BCUT2D eigenvalue weighted by molar-refractivity contribution is 6.16. The Balaban J connectivity index is 1.88. The molecular weight excluding hydrogens is 350 g/mol. The zero-order valence-electron chi connectivity index (χ0n) is 16.1. The van der Waals surface area contributed by atoms with Crippen LogP contribution in [0, 0.1) is 13.8 Å². The van der Waals surface area contributed by atoms with Crippen LogP contribution in [0.2, 0.25) is 0 Å². The molecule has 4 heteroatoms. The molecule has 0 fully saturated rings. The van der Waals surface area contributed by atoms with Gasteiger partial charge in [0, 0.05) is 16.6 Å². The Morgan fingerprint density at radius 2 is 1.75 bits per heavy atom. The predicted octanol–water partition coefficient (Wildman–Crippen LogP) is 5.98. The zero-order valence-corrected chi connectivity index (χ0v) is 16.1. The molecule has 0 aliphatic heterocycles. The summed E-state index contributed by atoms with van der Waals surface area (Å²) in [7, 11) is 1.61. The smallest absolute Gasteiger partial charge is 0.260 e. The van der Waals surface area contributed by atoms with Crippen LogP contribution in [0.25, 0.3) is 22.3 Å². The summed E-state index contributed by atoms with van der Waals surface area (Å²) in [5.41, 5.74) is 4.96. The van der Waals surface area contributed by atoms with E-state index >= 15 is 0 Å². The lowest BCUT2D eigenvalue weighted by Gasteiger charge is -2.11. The van der Waals surface area contributed by atoms with Crippen molar-refractivity contribution in [2.45, 2.75) is 13.8 Å². The van der Waals surface area contributed by atoms with E-state index in [1.165, 1.54) is 0 Å². The number of nitrogens with one attached hydrogen (secondary N) is 1. The van der Waals surface area contributed by atoms with Crippen molar-refractivity contribution < 1.29 is 13.9 Å². The molecule has 0 aliphatic carbocycles. The number of rotatable bonds is 4. The topological polar surface area (TPSA) is 51.5 Å².